The number of benzene rings is 2. The number of nitrogens with zero attached hydrogens (tertiary/aromatic N) is 2. The topological polar surface area (TPSA) is 132 Å². The van der Waals surface area contributed by atoms with Crippen LogP contribution < -0.4 is 20.7 Å². The first-order valence-corrected chi connectivity index (χ1v) is 15.6. The number of urea groups is 2. The van der Waals surface area contributed by atoms with Crippen LogP contribution in [0.1, 0.15) is 64.2 Å². The molecule has 3 rings (SSSR count). The average molecular weight is 630 g/mol. The molecule has 1 aliphatic rings. The third-order valence-electron chi connectivity index (χ3n) is 7.63. The molecule has 0 spiro atoms. The highest BCUT2D eigenvalue weighted by molar-refractivity contribution is 5.99. The lowest BCUT2D eigenvalue weighted by atomic mass is 10.0. The van der Waals surface area contributed by atoms with E-state index in [9.17, 15) is 23.9 Å². The van der Waals surface area contributed by atoms with E-state index in [1.165, 1.54) is 29.2 Å². The maximum absolute atomic E-state index is 14.2. The Labute approximate surface area is 265 Å². The molecule has 4 N–H and O–H groups in total. The van der Waals surface area contributed by atoms with Crippen molar-refractivity contribution >= 4 is 29.3 Å². The fourth-order valence-electron chi connectivity index (χ4n) is 5.00. The van der Waals surface area contributed by atoms with Gasteiger partial charge in [0.15, 0.2) is 0 Å². The van der Waals surface area contributed by atoms with Gasteiger partial charge in [0.1, 0.15) is 11.6 Å². The lowest BCUT2D eigenvalue weighted by molar-refractivity contribution is -0.0115. The van der Waals surface area contributed by atoms with Gasteiger partial charge in [0, 0.05) is 50.1 Å². The van der Waals surface area contributed by atoms with Gasteiger partial charge in [-0.25, -0.2) is 14.0 Å². The third kappa shape index (κ3) is 10.9. The molecule has 45 heavy (non-hydrogen) atoms. The van der Waals surface area contributed by atoms with Crippen molar-refractivity contribution in [2.24, 2.45) is 5.92 Å². The third-order valence-corrected chi connectivity index (χ3v) is 7.63. The SMILES string of the molecule is CC(C)NC(=O)Nc1ccc2c(c1)C(=O)N([C@H](C)CO)C[C@H](C)[C@@H](CN(C)C(=O)Nc1ccc(F)cc1)OCCCC[C@H](C)O2. The molecule has 0 saturated heterocycles. The van der Waals surface area contributed by atoms with Gasteiger partial charge in [-0.2, -0.15) is 0 Å². The number of hydrogen-bond acceptors (Lipinski definition) is 6. The van der Waals surface area contributed by atoms with Gasteiger partial charge in [-0.05, 0) is 89.4 Å². The minimum Gasteiger partial charge on any atom is -0.490 e. The Kier molecular flexibility index (Phi) is 13.4. The number of carbonyl (C=O) groups is 3. The van der Waals surface area contributed by atoms with Crippen LogP contribution in [0.2, 0.25) is 0 Å². The van der Waals surface area contributed by atoms with Crippen LogP contribution in [0, 0.1) is 11.7 Å². The Balaban J connectivity index is 1.88. The van der Waals surface area contributed by atoms with Gasteiger partial charge in [0.05, 0.1) is 30.4 Å². The van der Waals surface area contributed by atoms with E-state index >= 15 is 0 Å². The molecule has 0 aliphatic carbocycles. The van der Waals surface area contributed by atoms with E-state index in [4.69, 9.17) is 9.47 Å². The minimum absolute atomic E-state index is 0.0707. The van der Waals surface area contributed by atoms with E-state index in [-0.39, 0.29) is 55.3 Å². The van der Waals surface area contributed by atoms with Gasteiger partial charge < -0.3 is 40.3 Å². The molecule has 2 aromatic carbocycles. The fourth-order valence-corrected chi connectivity index (χ4v) is 5.00. The Bertz CT molecular complexity index is 1280. The zero-order valence-corrected chi connectivity index (χ0v) is 27.1. The van der Waals surface area contributed by atoms with Crippen LogP contribution in [0.3, 0.4) is 0 Å². The number of nitrogens with one attached hydrogen (secondary N) is 3. The lowest BCUT2D eigenvalue weighted by Crippen LogP contribution is -2.48. The van der Waals surface area contributed by atoms with Crippen LogP contribution in [0.25, 0.3) is 0 Å². The van der Waals surface area contributed by atoms with Crippen molar-refractivity contribution in [3.8, 4) is 5.75 Å². The number of anilines is 2. The largest absolute Gasteiger partial charge is 0.490 e. The van der Waals surface area contributed by atoms with Gasteiger partial charge in [0.2, 0.25) is 0 Å². The highest BCUT2D eigenvalue weighted by Gasteiger charge is 2.31. The van der Waals surface area contributed by atoms with E-state index < -0.39 is 24.0 Å². The molecule has 11 nitrogen and oxygen atoms in total. The molecular formula is C33H48FN5O6. The van der Waals surface area contributed by atoms with Gasteiger partial charge >= 0.3 is 12.1 Å². The fraction of sp³-hybridized carbons (Fsp3) is 0.545. The summed E-state index contributed by atoms with van der Waals surface area (Å²) >= 11 is 0. The normalized spacial score (nSPS) is 20.3. The summed E-state index contributed by atoms with van der Waals surface area (Å²) in [7, 11) is 1.65. The highest BCUT2D eigenvalue weighted by atomic mass is 19.1. The first kappa shape index (κ1) is 35.6. The van der Waals surface area contributed by atoms with Crippen LogP contribution in [0.4, 0.5) is 25.4 Å². The zero-order chi connectivity index (χ0) is 33.1. The maximum atomic E-state index is 14.2. The Morgan fingerprint density at radius 1 is 1.07 bits per heavy atom. The molecule has 4 atom stereocenters. The number of rotatable bonds is 7. The number of aliphatic hydroxyl groups is 1. The second-order valence-corrected chi connectivity index (χ2v) is 12.1. The van der Waals surface area contributed by atoms with Crippen LogP contribution in [0.15, 0.2) is 42.5 Å². The molecule has 2 aromatic rings. The summed E-state index contributed by atoms with van der Waals surface area (Å²) in [5, 5.41) is 18.5. The van der Waals surface area contributed by atoms with E-state index in [0.29, 0.717) is 23.7 Å². The first-order valence-electron chi connectivity index (χ1n) is 15.6. The molecule has 0 radical (unpaired) electrons. The summed E-state index contributed by atoms with van der Waals surface area (Å²) in [6, 6.07) is 9.12. The monoisotopic (exact) mass is 629 g/mol. The summed E-state index contributed by atoms with van der Waals surface area (Å²) in [6.45, 7) is 9.99. The number of likely N-dealkylation sites (N-methyl/N-ethyl adjacent to an activating group) is 1. The van der Waals surface area contributed by atoms with Gasteiger partial charge in [-0.1, -0.05) is 6.92 Å². The summed E-state index contributed by atoms with van der Waals surface area (Å²) in [5.74, 6) is -0.607. The van der Waals surface area contributed by atoms with Crippen molar-refractivity contribution in [3.05, 3.63) is 53.8 Å². The highest BCUT2D eigenvalue weighted by Crippen LogP contribution is 2.28. The van der Waals surface area contributed by atoms with Gasteiger partial charge in [-0.3, -0.25) is 4.79 Å². The number of ether oxygens (including phenoxy) is 2. The lowest BCUT2D eigenvalue weighted by Gasteiger charge is -2.35. The number of amides is 5. The van der Waals surface area contributed by atoms with Gasteiger partial charge in [0.25, 0.3) is 5.91 Å². The van der Waals surface area contributed by atoms with Crippen molar-refractivity contribution in [2.75, 3.05) is 44.0 Å². The molecule has 248 valence electrons. The summed E-state index contributed by atoms with van der Waals surface area (Å²) in [6.07, 6.45) is 1.71. The standard InChI is InChI=1S/C33H48FN5O6/c1-21(2)35-32(42)36-27-14-15-29-28(17-27)31(41)39(23(4)20-40)18-22(3)30(44-16-8-7-9-24(5)45-29)19-38(6)33(43)37-26-12-10-25(34)11-13-26/h10-15,17,21-24,30,40H,7-9,16,18-20H2,1-6H3,(H,37,43)(H2,35,36,42)/t22-,23+,24-,30+/m0/s1. The predicted octanol–water partition coefficient (Wildman–Crippen LogP) is 5.32. The smallest absolute Gasteiger partial charge is 0.321 e. The quantitative estimate of drug-likeness (QED) is 0.328. The number of halogens is 1. The molecule has 5 amide bonds. The first-order chi connectivity index (χ1) is 21.4. The van der Waals surface area contributed by atoms with Crippen LogP contribution in [0.5, 0.6) is 5.75 Å². The Morgan fingerprint density at radius 3 is 2.42 bits per heavy atom. The molecule has 0 bridgehead atoms. The second kappa shape index (κ2) is 17.0. The van der Waals surface area contributed by atoms with Crippen LogP contribution in [-0.2, 0) is 4.74 Å². The number of carbonyl (C=O) groups excluding carboxylic acids is 3. The van der Waals surface area contributed by atoms with Crippen LogP contribution >= 0.6 is 0 Å². The van der Waals surface area contributed by atoms with Crippen molar-refractivity contribution in [1.29, 1.82) is 0 Å². The zero-order valence-electron chi connectivity index (χ0n) is 27.1. The van der Waals surface area contributed by atoms with E-state index in [1.807, 2.05) is 27.7 Å². The minimum atomic E-state index is -0.542. The molecule has 1 heterocycles. The van der Waals surface area contributed by atoms with Crippen molar-refractivity contribution in [3.63, 3.8) is 0 Å². The van der Waals surface area contributed by atoms with Crippen molar-refractivity contribution < 1.29 is 33.4 Å². The molecule has 0 unspecified atom stereocenters. The second-order valence-electron chi connectivity index (χ2n) is 12.1. The number of aliphatic hydroxyl groups excluding tert-OH is 1. The average Bonchev–Trinajstić information content (AvgIpc) is 2.99. The Hall–Kier alpha value is -3.90. The molecule has 1 aliphatic heterocycles. The molecule has 0 saturated carbocycles. The number of hydrogen-bond donors (Lipinski definition) is 4. The van der Waals surface area contributed by atoms with Gasteiger partial charge in [-0.15, -0.1) is 0 Å². The van der Waals surface area contributed by atoms with E-state index in [0.717, 1.165) is 19.3 Å². The van der Waals surface area contributed by atoms with E-state index in [1.54, 1.807) is 37.1 Å². The maximum Gasteiger partial charge on any atom is 0.321 e. The molecule has 12 heteroatoms. The Morgan fingerprint density at radius 2 is 1.76 bits per heavy atom. The van der Waals surface area contributed by atoms with E-state index in [2.05, 4.69) is 16.0 Å². The predicted molar refractivity (Wildman–Crippen MR) is 172 cm³/mol. The number of fused-ring (bicyclic) bond motifs is 1. The summed E-state index contributed by atoms with van der Waals surface area (Å²) in [4.78, 5) is 42.7. The summed E-state index contributed by atoms with van der Waals surface area (Å²) < 4.78 is 25.9. The van der Waals surface area contributed by atoms with Crippen LogP contribution in [-0.4, -0.2) is 90.5 Å². The van der Waals surface area contributed by atoms with Crippen molar-refractivity contribution in [2.45, 2.75) is 78.2 Å². The molecule has 0 fully saturated rings. The molecule has 0 aromatic heterocycles. The molecular weight excluding hydrogens is 581 g/mol. The summed E-state index contributed by atoms with van der Waals surface area (Å²) in [5.41, 5.74) is 1.16. The van der Waals surface area contributed by atoms with Crippen molar-refractivity contribution in [1.82, 2.24) is 15.1 Å².